The molecule has 3 N–H and O–H groups in total. The van der Waals surface area contributed by atoms with Gasteiger partial charge in [0.15, 0.2) is 11.2 Å². The van der Waals surface area contributed by atoms with Gasteiger partial charge in [0.2, 0.25) is 11.8 Å². The molecule has 0 aliphatic carbocycles. The van der Waals surface area contributed by atoms with E-state index in [2.05, 4.69) is 15.6 Å². The summed E-state index contributed by atoms with van der Waals surface area (Å²) < 4.78 is 36.9. The molecule has 2 saturated heterocycles. The van der Waals surface area contributed by atoms with E-state index in [0.29, 0.717) is 62.0 Å². The van der Waals surface area contributed by atoms with Crippen molar-refractivity contribution in [1.29, 1.82) is 0 Å². The second-order valence-corrected chi connectivity index (χ2v) is 25.3. The molecule has 2 fully saturated rings. The molecule has 2 aromatic rings. The highest BCUT2D eigenvalue weighted by molar-refractivity contribution is 8.10. The van der Waals surface area contributed by atoms with Gasteiger partial charge in [0.25, 0.3) is 0 Å². The minimum absolute atomic E-state index is 0. The van der Waals surface area contributed by atoms with Gasteiger partial charge in [-0.1, -0.05) is 82.5 Å². The number of oxime groups is 2. The van der Waals surface area contributed by atoms with Crippen molar-refractivity contribution in [2.45, 2.75) is 136 Å². The van der Waals surface area contributed by atoms with E-state index in [9.17, 15) is 24.0 Å². The van der Waals surface area contributed by atoms with Crippen LogP contribution in [0, 0.1) is 10.8 Å². The summed E-state index contributed by atoms with van der Waals surface area (Å²) >= 11 is 12.7. The lowest BCUT2D eigenvalue weighted by atomic mass is 8.47. The number of alkyl carbamates (subject to hydrolysis) is 1. The summed E-state index contributed by atoms with van der Waals surface area (Å²) in [6.45, 7) is 16.5. The Morgan fingerprint density at radius 1 is 0.609 bits per heavy atom. The van der Waals surface area contributed by atoms with Crippen LogP contribution in [0.4, 0.5) is 4.79 Å². The van der Waals surface area contributed by atoms with Gasteiger partial charge in [-0.2, -0.15) is 0 Å². The molecule has 20 nitrogen and oxygen atoms in total. The number of hydrogen-bond donors (Lipinski definition) is 2. The number of rotatable bonds is 16. The fourth-order valence-electron chi connectivity index (χ4n) is 10.3. The molecule has 3 amide bonds. The summed E-state index contributed by atoms with van der Waals surface area (Å²) in [7, 11) is 52.7. The lowest BCUT2D eigenvalue weighted by Crippen LogP contribution is -2.72. The molecule has 37 heteroatoms. The first-order valence-corrected chi connectivity index (χ1v) is 27.9. The van der Waals surface area contributed by atoms with E-state index in [4.69, 9.17) is 134 Å². The molecule has 4 aliphatic heterocycles. The van der Waals surface area contributed by atoms with E-state index in [1.54, 1.807) is 45.0 Å². The number of carbonyl (C=O) groups excluding carboxylic acids is 5. The lowest BCUT2D eigenvalue weighted by molar-refractivity contribution is -0.152. The number of amides is 3. The molecule has 4 aliphatic rings. The SMILES string of the molecule is C.COC(=O)[C@@H]1C[C@]2(CC(c3cc(Cl)c(OC)cc3OC)=NO2)CN1C(=O)[C@@H](N)C(C)(C)C.COC(=O)[C@@H]1C[C@]2(CC(c3cc(Cl)c(OC)cc3OC)=NO2)CN1C(=O)[C@@H](NC(=O)OC(C)(C)C)C(C)(C)C.Cl.[B]B([B])B(B([B])[B])B(B([B])[B])B([B])[B]. The number of likely N-dealkylation sites (tertiary alicyclic amines) is 2. The van der Waals surface area contributed by atoms with Crippen LogP contribution in [0.5, 0.6) is 23.0 Å². The Kier molecular flexibility index (Phi) is 28.9. The van der Waals surface area contributed by atoms with Crippen molar-refractivity contribution in [3.05, 3.63) is 45.4 Å². The van der Waals surface area contributed by atoms with Crippen molar-refractivity contribution in [2.24, 2.45) is 26.9 Å². The highest BCUT2D eigenvalue weighted by Gasteiger charge is 2.57. The number of hydrogen-bond acceptors (Lipinski definition) is 17. The number of esters is 2. The molecule has 450 valence electrons. The molecule has 16 radical (unpaired) electrons. The Morgan fingerprint density at radius 2 is 0.954 bits per heavy atom. The molecule has 2 spiro atoms. The van der Waals surface area contributed by atoms with Crippen molar-refractivity contribution in [3.63, 3.8) is 0 Å². The minimum atomic E-state index is -0.990. The number of methoxy groups -OCH3 is 6. The maximum Gasteiger partial charge on any atom is 0.408 e. The van der Waals surface area contributed by atoms with Crippen LogP contribution in [-0.4, -0.2) is 248 Å². The normalized spacial score (nSPS) is 19.8. The molecule has 4 heterocycles. The van der Waals surface area contributed by atoms with E-state index < -0.39 is 114 Å². The van der Waals surface area contributed by atoms with Gasteiger partial charge in [-0.25, -0.2) is 14.4 Å². The molecule has 0 aromatic heterocycles. The average Bonchev–Trinajstić information content (AvgIpc) is 1.73. The van der Waals surface area contributed by atoms with Gasteiger partial charge in [-0.05, 0) is 43.7 Å². The number of benzene rings is 2. The van der Waals surface area contributed by atoms with Gasteiger partial charge in [0.05, 0.1) is 83.3 Å². The monoisotopic (exact) mass is 1240 g/mol. The quantitative estimate of drug-likeness (QED) is 0.139. The van der Waals surface area contributed by atoms with Gasteiger partial charge >= 0.3 is 18.0 Å². The fourth-order valence-corrected chi connectivity index (χ4v) is 10.8. The molecule has 87 heavy (non-hydrogen) atoms. The molecule has 6 atom stereocenters. The number of ether oxygens (including phenoxy) is 7. The Bertz CT molecular complexity index is 2770. The Hall–Kier alpha value is -4.53. The summed E-state index contributed by atoms with van der Waals surface area (Å²) in [5.41, 5.74) is 4.83. The number of nitrogens with two attached hydrogens (primary N) is 1. The van der Waals surface area contributed by atoms with Crippen LogP contribution in [0.25, 0.3) is 0 Å². The summed E-state index contributed by atoms with van der Waals surface area (Å²) in [5.74, 6) is 0.0401. The van der Waals surface area contributed by atoms with Crippen molar-refractivity contribution >= 4 is 177 Å². The molecular weight excluding hydrogens is 1170 g/mol. The Morgan fingerprint density at radius 3 is 1.24 bits per heavy atom. The van der Waals surface area contributed by atoms with Crippen molar-refractivity contribution in [3.8, 4) is 23.0 Å². The van der Waals surface area contributed by atoms with E-state index in [-0.39, 0.29) is 58.1 Å². The minimum Gasteiger partial charge on any atom is -0.496 e. The van der Waals surface area contributed by atoms with Crippen LogP contribution in [0.2, 0.25) is 10.0 Å². The fraction of sp³-hybridized carbons (Fsp3) is 0.620. The van der Waals surface area contributed by atoms with Gasteiger partial charge in [-0.3, -0.25) is 9.59 Å². The topological polar surface area (TPSA) is 238 Å². The van der Waals surface area contributed by atoms with Crippen LogP contribution in [0.15, 0.2) is 34.6 Å². The van der Waals surface area contributed by atoms with E-state index >= 15 is 0 Å². The lowest BCUT2D eigenvalue weighted by Gasteiger charge is -2.35. The summed E-state index contributed by atoms with van der Waals surface area (Å²) in [5, 5.41) is 12.0. The number of nitrogens with zero attached hydrogens (tertiary/aromatic N) is 4. The second kappa shape index (κ2) is 32.0. The molecule has 2 aromatic carbocycles. The first-order chi connectivity index (χ1) is 39.3. The van der Waals surface area contributed by atoms with E-state index in [1.807, 2.05) is 41.5 Å². The standard InChI is InChI=1S/C27H38ClN3O8.C22H30ClN3O6.CH4.B14.ClH/c1-25(2,3)21(29-24(34)38-26(4,5)6)22(32)31-14-27(13-18(31)23(33)37-9)12-17(30-39-27)15-10-16(28)20(36-8)11-19(15)35-7;1-21(2,3)18(24)19(27)26-11-22(10-15(26)20(28)31-6)9-14(25-32-22)12-7-13(23)17(30-5)8-16(12)29-4;;1-9(2)13(10(3)4)14(11(5)6)12(7)8;/h10-11,18,21H,12-14H2,1-9H3,(H,29,34);7-8,15,18H,9-11,24H2,1-6H3;1H4;;1H/t18-,21+,27+;15-,18+,22+;;;/m00.../s1. The molecule has 0 saturated carbocycles. The summed E-state index contributed by atoms with van der Waals surface area (Å²) in [4.78, 5) is 79.7. The maximum atomic E-state index is 13.9. The predicted molar refractivity (Wildman–Crippen MR) is 358 cm³/mol. The van der Waals surface area contributed by atoms with Crippen LogP contribution in [0.1, 0.15) is 107 Å². The largest absolute Gasteiger partial charge is 0.496 e. The third-order valence-electron chi connectivity index (χ3n) is 14.8. The first kappa shape index (κ1) is 78.6. The number of carbonyl (C=O) groups is 5. The smallest absolute Gasteiger partial charge is 0.408 e. The van der Waals surface area contributed by atoms with Crippen LogP contribution in [0.3, 0.4) is 0 Å². The van der Waals surface area contributed by atoms with Crippen LogP contribution in [-0.2, 0) is 43.1 Å². The molecular formula is C50H73B14Cl3N6O14. The van der Waals surface area contributed by atoms with Crippen LogP contribution < -0.4 is 30.0 Å². The van der Waals surface area contributed by atoms with Gasteiger partial charge in [0, 0.05) is 149 Å². The molecule has 0 bridgehead atoms. The van der Waals surface area contributed by atoms with Gasteiger partial charge in [0.1, 0.15) is 46.7 Å². The molecule has 0 unspecified atom stereocenters. The van der Waals surface area contributed by atoms with Crippen molar-refractivity contribution < 1.29 is 66.8 Å². The van der Waals surface area contributed by atoms with Gasteiger partial charge < -0.3 is 63.7 Å². The summed E-state index contributed by atoms with van der Waals surface area (Å²) in [6.07, 6.45) is -3.79. The Balaban J connectivity index is 0.000000484. The highest BCUT2D eigenvalue weighted by Crippen LogP contribution is 2.45. The zero-order chi connectivity index (χ0) is 64.6. The zero-order valence-electron chi connectivity index (χ0n) is 51.7. The Labute approximate surface area is 543 Å². The zero-order valence-corrected chi connectivity index (χ0v) is 54.0. The number of halogens is 3. The molecule has 6 rings (SSSR count). The highest BCUT2D eigenvalue weighted by atomic mass is 35.5. The van der Waals surface area contributed by atoms with Crippen molar-refractivity contribution in [1.82, 2.24) is 15.1 Å². The van der Waals surface area contributed by atoms with E-state index in [0.717, 1.165) is 0 Å². The maximum absolute atomic E-state index is 13.9. The van der Waals surface area contributed by atoms with Crippen molar-refractivity contribution in [2.75, 3.05) is 55.7 Å². The first-order valence-electron chi connectivity index (χ1n) is 27.2. The summed E-state index contributed by atoms with van der Waals surface area (Å²) in [6, 6.07) is 3.19. The second-order valence-electron chi connectivity index (χ2n) is 24.5. The van der Waals surface area contributed by atoms with E-state index in [1.165, 1.54) is 52.5 Å². The average molecular weight is 1240 g/mol. The van der Waals surface area contributed by atoms with Gasteiger partial charge in [-0.15, -0.1) is 12.4 Å². The third kappa shape index (κ3) is 19.5. The predicted octanol–water partition coefficient (Wildman–Crippen LogP) is 2.03. The number of nitrogens with one attached hydrogen (secondary N) is 1. The van der Waals surface area contributed by atoms with Crippen LogP contribution >= 0.6 is 35.6 Å². The third-order valence-corrected chi connectivity index (χ3v) is 15.3.